The molecule has 0 nitrogen and oxygen atoms in total. The Morgan fingerprint density at radius 3 is 2.00 bits per heavy atom. The molecule has 6 aliphatic carbocycles. The topological polar surface area (TPSA) is 0 Å². The van der Waals surface area contributed by atoms with E-state index in [1.807, 2.05) is 5.57 Å². The zero-order chi connectivity index (χ0) is 14.7. The Morgan fingerprint density at radius 2 is 1.23 bits per heavy atom. The van der Waals surface area contributed by atoms with Crippen LogP contribution in [0.5, 0.6) is 0 Å². The molecule has 0 heteroatoms. The summed E-state index contributed by atoms with van der Waals surface area (Å²) in [5, 5.41) is 0. The van der Waals surface area contributed by atoms with Gasteiger partial charge in [0, 0.05) is 0 Å². The van der Waals surface area contributed by atoms with Crippen LogP contribution in [0.3, 0.4) is 0 Å². The minimum absolute atomic E-state index is 0.595. The fourth-order valence-corrected chi connectivity index (χ4v) is 10.8. The van der Waals surface area contributed by atoms with Crippen LogP contribution in [0.25, 0.3) is 0 Å². The van der Waals surface area contributed by atoms with Gasteiger partial charge in [-0.15, -0.1) is 0 Å². The molecular formula is C22H32. The Bertz CT molecular complexity index is 575. The molecule has 22 heavy (non-hydrogen) atoms. The second-order valence-electron chi connectivity index (χ2n) is 10.2. The van der Waals surface area contributed by atoms with Gasteiger partial charge in [0.1, 0.15) is 0 Å². The summed E-state index contributed by atoms with van der Waals surface area (Å²) in [6.07, 6.45) is 24.6. The second-order valence-corrected chi connectivity index (χ2v) is 10.2. The van der Waals surface area contributed by atoms with Gasteiger partial charge in [-0.05, 0) is 91.3 Å². The highest BCUT2D eigenvalue weighted by Gasteiger charge is 2.82. The van der Waals surface area contributed by atoms with E-state index in [1.54, 1.807) is 64.2 Å². The van der Waals surface area contributed by atoms with E-state index in [0.717, 1.165) is 16.2 Å². The molecule has 120 valence electrons. The van der Waals surface area contributed by atoms with Crippen molar-refractivity contribution in [2.75, 3.05) is 0 Å². The van der Waals surface area contributed by atoms with Crippen molar-refractivity contribution in [3.8, 4) is 0 Å². The van der Waals surface area contributed by atoms with Gasteiger partial charge in [-0.2, -0.15) is 0 Å². The molecule has 6 aliphatic rings. The summed E-state index contributed by atoms with van der Waals surface area (Å²) in [5.41, 5.74) is 5.55. The largest absolute Gasteiger partial charge is 0.0841 e. The van der Waals surface area contributed by atoms with Gasteiger partial charge in [-0.1, -0.05) is 44.3 Å². The summed E-state index contributed by atoms with van der Waals surface area (Å²) >= 11 is 0. The molecule has 0 radical (unpaired) electrons. The molecule has 0 saturated heterocycles. The molecule has 0 aromatic heterocycles. The highest BCUT2D eigenvalue weighted by atomic mass is 14.9. The van der Waals surface area contributed by atoms with Gasteiger partial charge in [0.15, 0.2) is 0 Å². The lowest BCUT2D eigenvalue weighted by molar-refractivity contribution is -0.173. The molecule has 0 heterocycles. The summed E-state index contributed by atoms with van der Waals surface area (Å²) in [6.45, 7) is 2.76. The van der Waals surface area contributed by atoms with E-state index in [-0.39, 0.29) is 0 Å². The van der Waals surface area contributed by atoms with Crippen molar-refractivity contribution >= 4 is 0 Å². The lowest BCUT2D eigenvalue weighted by Crippen LogP contribution is -2.64. The van der Waals surface area contributed by atoms with Crippen LogP contribution < -0.4 is 0 Å². The average Bonchev–Trinajstić information content (AvgIpc) is 3.26. The van der Waals surface area contributed by atoms with E-state index >= 15 is 0 Å². The van der Waals surface area contributed by atoms with Gasteiger partial charge in [-0.25, -0.2) is 0 Å². The average molecular weight is 296 g/mol. The minimum atomic E-state index is 0.595. The van der Waals surface area contributed by atoms with Crippen molar-refractivity contribution in [3.63, 3.8) is 0 Å². The molecular weight excluding hydrogens is 264 g/mol. The first-order valence-corrected chi connectivity index (χ1v) is 10.4. The van der Waals surface area contributed by atoms with Crippen LogP contribution in [0.2, 0.25) is 0 Å². The first-order chi connectivity index (χ1) is 10.7. The molecule has 5 saturated carbocycles. The number of hydrogen-bond acceptors (Lipinski definition) is 0. The molecule has 0 aliphatic heterocycles. The van der Waals surface area contributed by atoms with Crippen LogP contribution in [0.15, 0.2) is 11.6 Å². The quantitative estimate of drug-likeness (QED) is 0.453. The van der Waals surface area contributed by atoms with E-state index < -0.39 is 0 Å². The second kappa shape index (κ2) is 3.55. The van der Waals surface area contributed by atoms with Crippen molar-refractivity contribution in [2.45, 2.75) is 96.8 Å². The lowest BCUT2D eigenvalue weighted by atomic mass is 9.34. The van der Waals surface area contributed by atoms with E-state index in [9.17, 15) is 0 Å². The number of hydrogen-bond donors (Lipinski definition) is 0. The predicted octanol–water partition coefficient (Wildman–Crippen LogP) is 6.41. The first kappa shape index (κ1) is 13.1. The van der Waals surface area contributed by atoms with Gasteiger partial charge in [0.2, 0.25) is 0 Å². The third-order valence-electron chi connectivity index (χ3n) is 10.7. The van der Waals surface area contributed by atoms with Crippen molar-refractivity contribution in [1.29, 1.82) is 0 Å². The van der Waals surface area contributed by atoms with Crippen molar-refractivity contribution in [1.82, 2.24) is 0 Å². The van der Waals surface area contributed by atoms with E-state index in [0.29, 0.717) is 10.8 Å². The van der Waals surface area contributed by atoms with Gasteiger partial charge >= 0.3 is 0 Å². The summed E-state index contributed by atoms with van der Waals surface area (Å²) in [4.78, 5) is 0. The molecule has 0 N–H and O–H groups in total. The predicted molar refractivity (Wildman–Crippen MR) is 90.6 cm³/mol. The van der Waals surface area contributed by atoms with Crippen LogP contribution in [-0.4, -0.2) is 0 Å². The van der Waals surface area contributed by atoms with Gasteiger partial charge in [0.05, 0.1) is 0 Å². The molecule has 5 atom stereocenters. The SMILES string of the molecule is C[C@]12CCC[C@]13CCC[C@@]31CCC[C@]13CCC[C@@]31CCC=C12. The zero-order valence-electron chi connectivity index (χ0n) is 14.5. The zero-order valence-corrected chi connectivity index (χ0v) is 14.5. The first-order valence-electron chi connectivity index (χ1n) is 10.4. The van der Waals surface area contributed by atoms with Crippen molar-refractivity contribution in [2.24, 2.45) is 27.1 Å². The van der Waals surface area contributed by atoms with Crippen molar-refractivity contribution in [3.05, 3.63) is 11.6 Å². The third-order valence-corrected chi connectivity index (χ3v) is 10.7. The normalized spacial score (nSPS) is 61.4. The Labute approximate surface area is 136 Å². The molecule has 0 aromatic carbocycles. The van der Waals surface area contributed by atoms with Gasteiger partial charge in [-0.3, -0.25) is 0 Å². The molecule has 0 amide bonds. The maximum absolute atomic E-state index is 2.79. The van der Waals surface area contributed by atoms with E-state index in [1.165, 1.54) is 25.7 Å². The maximum Gasteiger partial charge on any atom is -0.00176 e. The van der Waals surface area contributed by atoms with Crippen LogP contribution in [0.4, 0.5) is 0 Å². The van der Waals surface area contributed by atoms with E-state index in [2.05, 4.69) is 13.0 Å². The van der Waals surface area contributed by atoms with Gasteiger partial charge < -0.3 is 0 Å². The summed E-state index contributed by atoms with van der Waals surface area (Å²) < 4.78 is 0. The molecule has 4 spiro atoms. The van der Waals surface area contributed by atoms with Gasteiger partial charge in [0.25, 0.3) is 0 Å². The van der Waals surface area contributed by atoms with Crippen LogP contribution in [0.1, 0.15) is 96.8 Å². The molecule has 0 aromatic rings. The Hall–Kier alpha value is -0.260. The number of allylic oxidation sites excluding steroid dienone is 2. The van der Waals surface area contributed by atoms with Crippen LogP contribution in [0, 0.1) is 27.1 Å². The molecule has 0 unspecified atom stereocenters. The highest BCUT2D eigenvalue weighted by Crippen LogP contribution is 2.91. The fourth-order valence-electron chi connectivity index (χ4n) is 10.8. The van der Waals surface area contributed by atoms with E-state index in [4.69, 9.17) is 0 Å². The number of fused-ring (bicyclic) bond motifs is 1. The minimum Gasteiger partial charge on any atom is -0.0841 e. The maximum atomic E-state index is 2.79. The van der Waals surface area contributed by atoms with Crippen molar-refractivity contribution < 1.29 is 0 Å². The summed E-state index contributed by atoms with van der Waals surface area (Å²) in [7, 11) is 0. The van der Waals surface area contributed by atoms with Crippen LogP contribution >= 0.6 is 0 Å². The van der Waals surface area contributed by atoms with Crippen LogP contribution in [-0.2, 0) is 0 Å². The Kier molecular flexibility index (Phi) is 2.11. The monoisotopic (exact) mass is 296 g/mol. The standard InChI is InChI=1S/C22H32/c1-18-8-3-11-20(18)12-5-15-22(20)16-6-14-21(22)13-4-10-19(21)9-2-7-17(18)19/h7H,2-6,8-16H2,1H3/t18-,19-,20+,21+,22-/m1/s1. The fraction of sp³-hybridized carbons (Fsp3) is 0.909. The summed E-state index contributed by atoms with van der Waals surface area (Å²) in [5.74, 6) is 0. The molecule has 0 bridgehead atoms. The Morgan fingerprint density at radius 1 is 0.636 bits per heavy atom. The number of rotatable bonds is 0. The summed E-state index contributed by atoms with van der Waals surface area (Å²) in [6, 6.07) is 0. The molecule has 6 rings (SSSR count). The lowest BCUT2D eigenvalue weighted by Gasteiger charge is -2.70. The Balaban J connectivity index is 1.73. The third kappa shape index (κ3) is 0.921. The molecule has 5 fully saturated rings. The smallest absolute Gasteiger partial charge is 0.00176 e. The highest BCUT2D eigenvalue weighted by molar-refractivity contribution is 5.45.